The zero-order chi connectivity index (χ0) is 12.0. The van der Waals surface area contributed by atoms with Crippen LogP contribution in [0.1, 0.15) is 27.2 Å². The lowest BCUT2D eigenvalue weighted by atomic mass is 10.1. The van der Waals surface area contributed by atoms with Crippen LogP contribution in [0.2, 0.25) is 0 Å². The minimum Gasteiger partial charge on any atom is -0.490 e. The van der Waals surface area contributed by atoms with E-state index in [0.29, 0.717) is 18.1 Å². The number of hydrogen-bond donors (Lipinski definition) is 0. The fraction of sp³-hybridized carbons (Fsp3) is 0.462. The Morgan fingerprint density at radius 3 is 2.44 bits per heavy atom. The Hall–Kier alpha value is -1.51. The molecular weight excluding hydrogens is 204 g/mol. The van der Waals surface area contributed by atoms with Gasteiger partial charge in [-0.1, -0.05) is 26.0 Å². The third-order valence-corrected chi connectivity index (χ3v) is 2.37. The van der Waals surface area contributed by atoms with Crippen molar-refractivity contribution in [3.8, 4) is 11.5 Å². The first-order valence-electron chi connectivity index (χ1n) is 5.62. The van der Waals surface area contributed by atoms with Crippen LogP contribution in [0, 0.1) is 5.92 Å². The summed E-state index contributed by atoms with van der Waals surface area (Å²) in [5.41, 5.74) is 0. The maximum Gasteiger partial charge on any atom is 0.314 e. The summed E-state index contributed by atoms with van der Waals surface area (Å²) < 4.78 is 10.7. The molecule has 0 radical (unpaired) electrons. The molecule has 1 unspecified atom stereocenters. The number of ether oxygens (including phenoxy) is 2. The van der Waals surface area contributed by atoms with Gasteiger partial charge < -0.3 is 9.47 Å². The average molecular weight is 222 g/mol. The molecule has 0 saturated carbocycles. The highest BCUT2D eigenvalue weighted by atomic mass is 16.6. The lowest BCUT2D eigenvalue weighted by Gasteiger charge is -2.12. The van der Waals surface area contributed by atoms with E-state index < -0.39 is 0 Å². The van der Waals surface area contributed by atoms with Crippen LogP contribution in [-0.2, 0) is 4.79 Å². The first-order valence-corrected chi connectivity index (χ1v) is 5.62. The van der Waals surface area contributed by atoms with Gasteiger partial charge in [0.1, 0.15) is 0 Å². The number of hydrogen-bond acceptors (Lipinski definition) is 3. The number of carbonyl (C=O) groups excluding carboxylic acids is 1. The molecule has 16 heavy (non-hydrogen) atoms. The minimum atomic E-state index is -0.213. The predicted molar refractivity (Wildman–Crippen MR) is 62.7 cm³/mol. The van der Waals surface area contributed by atoms with Crippen molar-refractivity contribution in [2.75, 3.05) is 6.61 Å². The van der Waals surface area contributed by atoms with Crippen LogP contribution >= 0.6 is 0 Å². The molecule has 0 aliphatic carbocycles. The van der Waals surface area contributed by atoms with Crippen molar-refractivity contribution in [2.45, 2.75) is 27.2 Å². The number of rotatable bonds is 5. The van der Waals surface area contributed by atoms with Crippen molar-refractivity contribution in [2.24, 2.45) is 5.92 Å². The summed E-state index contributed by atoms with van der Waals surface area (Å²) in [7, 11) is 0. The highest BCUT2D eigenvalue weighted by molar-refractivity contribution is 5.75. The quantitative estimate of drug-likeness (QED) is 0.567. The molecule has 1 rings (SSSR count). The second kappa shape index (κ2) is 6.16. The molecule has 1 aromatic carbocycles. The van der Waals surface area contributed by atoms with Crippen LogP contribution in [0.4, 0.5) is 0 Å². The Kier molecular flexibility index (Phi) is 4.83. The van der Waals surface area contributed by atoms with Gasteiger partial charge >= 0.3 is 5.97 Å². The topological polar surface area (TPSA) is 35.5 Å². The monoisotopic (exact) mass is 222 g/mol. The Morgan fingerprint density at radius 2 is 1.88 bits per heavy atom. The summed E-state index contributed by atoms with van der Waals surface area (Å²) in [6.07, 6.45) is 0.773. The lowest BCUT2D eigenvalue weighted by Crippen LogP contribution is -2.17. The molecule has 1 aromatic rings. The van der Waals surface area contributed by atoms with E-state index in [2.05, 4.69) is 0 Å². The maximum absolute atomic E-state index is 11.6. The van der Waals surface area contributed by atoms with E-state index in [1.165, 1.54) is 0 Å². The smallest absolute Gasteiger partial charge is 0.314 e. The molecule has 0 aliphatic heterocycles. The molecule has 3 heteroatoms. The second-order valence-corrected chi connectivity index (χ2v) is 3.61. The summed E-state index contributed by atoms with van der Waals surface area (Å²) in [6, 6.07) is 7.21. The Bertz CT molecular complexity index is 347. The largest absolute Gasteiger partial charge is 0.490 e. The zero-order valence-electron chi connectivity index (χ0n) is 10.0. The van der Waals surface area contributed by atoms with Gasteiger partial charge in [0.2, 0.25) is 0 Å². The molecule has 0 N–H and O–H groups in total. The van der Waals surface area contributed by atoms with Crippen LogP contribution in [0.15, 0.2) is 24.3 Å². The fourth-order valence-electron chi connectivity index (χ4n) is 1.18. The molecule has 0 aliphatic rings. The zero-order valence-corrected chi connectivity index (χ0v) is 10.0. The maximum atomic E-state index is 11.6. The van der Waals surface area contributed by atoms with Crippen LogP contribution < -0.4 is 9.47 Å². The molecule has 0 aromatic heterocycles. The van der Waals surface area contributed by atoms with E-state index in [1.807, 2.05) is 32.9 Å². The molecule has 0 saturated heterocycles. The van der Waals surface area contributed by atoms with Crippen molar-refractivity contribution < 1.29 is 14.3 Å². The second-order valence-electron chi connectivity index (χ2n) is 3.61. The molecule has 1 atom stereocenters. The summed E-state index contributed by atoms with van der Waals surface area (Å²) >= 11 is 0. The normalized spacial score (nSPS) is 11.9. The van der Waals surface area contributed by atoms with Crippen molar-refractivity contribution >= 4 is 5.97 Å². The van der Waals surface area contributed by atoms with E-state index >= 15 is 0 Å². The Morgan fingerprint density at radius 1 is 1.25 bits per heavy atom. The third kappa shape index (κ3) is 3.26. The molecule has 88 valence electrons. The molecular formula is C13H18O3. The van der Waals surface area contributed by atoms with Gasteiger partial charge in [0, 0.05) is 0 Å². The van der Waals surface area contributed by atoms with E-state index in [1.54, 1.807) is 12.1 Å². The van der Waals surface area contributed by atoms with Crippen LogP contribution in [0.3, 0.4) is 0 Å². The summed E-state index contributed by atoms with van der Waals surface area (Å²) in [5.74, 6) is 0.806. The molecule has 0 heterocycles. The SMILES string of the molecule is CCOc1ccccc1OC(=O)C(C)CC. The fourth-order valence-corrected chi connectivity index (χ4v) is 1.18. The van der Waals surface area contributed by atoms with Gasteiger partial charge in [-0.3, -0.25) is 4.79 Å². The summed E-state index contributed by atoms with van der Waals surface area (Å²) in [6.45, 7) is 6.26. The molecule has 0 spiro atoms. The van der Waals surface area contributed by atoms with Gasteiger partial charge in [0.05, 0.1) is 12.5 Å². The molecule has 3 nitrogen and oxygen atoms in total. The average Bonchev–Trinajstić information content (AvgIpc) is 2.31. The van der Waals surface area contributed by atoms with Gasteiger partial charge in [-0.25, -0.2) is 0 Å². The van der Waals surface area contributed by atoms with E-state index in [4.69, 9.17) is 9.47 Å². The Balaban J connectivity index is 2.76. The van der Waals surface area contributed by atoms with Crippen LogP contribution in [0.5, 0.6) is 11.5 Å². The third-order valence-electron chi connectivity index (χ3n) is 2.37. The van der Waals surface area contributed by atoms with Gasteiger partial charge in [-0.15, -0.1) is 0 Å². The van der Waals surface area contributed by atoms with Crippen LogP contribution in [0.25, 0.3) is 0 Å². The number of para-hydroxylation sites is 2. The van der Waals surface area contributed by atoms with Crippen molar-refractivity contribution in [3.05, 3.63) is 24.3 Å². The summed E-state index contributed by atoms with van der Waals surface area (Å²) in [4.78, 5) is 11.6. The number of esters is 1. The minimum absolute atomic E-state index is 0.0883. The predicted octanol–water partition coefficient (Wildman–Crippen LogP) is 3.04. The Labute approximate surface area is 96.4 Å². The van der Waals surface area contributed by atoms with Gasteiger partial charge in [-0.05, 0) is 25.5 Å². The molecule has 0 amide bonds. The lowest BCUT2D eigenvalue weighted by molar-refractivity contribution is -0.138. The first kappa shape index (κ1) is 12.6. The van der Waals surface area contributed by atoms with Crippen molar-refractivity contribution in [1.29, 1.82) is 0 Å². The van der Waals surface area contributed by atoms with E-state index in [0.717, 1.165) is 6.42 Å². The highest BCUT2D eigenvalue weighted by Crippen LogP contribution is 2.27. The van der Waals surface area contributed by atoms with Crippen molar-refractivity contribution in [1.82, 2.24) is 0 Å². The van der Waals surface area contributed by atoms with Gasteiger partial charge in [0.25, 0.3) is 0 Å². The van der Waals surface area contributed by atoms with Gasteiger partial charge in [0.15, 0.2) is 11.5 Å². The van der Waals surface area contributed by atoms with E-state index in [-0.39, 0.29) is 11.9 Å². The standard InChI is InChI=1S/C13H18O3/c1-4-10(3)13(14)16-12-9-7-6-8-11(12)15-5-2/h6-10H,4-5H2,1-3H3. The molecule has 0 fully saturated rings. The summed E-state index contributed by atoms with van der Waals surface area (Å²) in [5, 5.41) is 0. The highest BCUT2D eigenvalue weighted by Gasteiger charge is 2.15. The van der Waals surface area contributed by atoms with Crippen molar-refractivity contribution in [3.63, 3.8) is 0 Å². The van der Waals surface area contributed by atoms with Gasteiger partial charge in [-0.2, -0.15) is 0 Å². The van der Waals surface area contributed by atoms with E-state index in [9.17, 15) is 4.79 Å². The van der Waals surface area contributed by atoms with Crippen LogP contribution in [-0.4, -0.2) is 12.6 Å². The number of benzene rings is 1. The first-order chi connectivity index (χ1) is 7.69. The molecule has 0 bridgehead atoms. The number of carbonyl (C=O) groups is 1.